The van der Waals surface area contributed by atoms with Gasteiger partial charge in [-0.3, -0.25) is 33.7 Å². The maximum Gasteiger partial charge on any atom is 0.242 e. The second-order valence-corrected chi connectivity index (χ2v) is 18.8. The number of carbonyl (C=O) groups excluding carboxylic acids is 4. The van der Waals surface area contributed by atoms with Gasteiger partial charge in [-0.25, -0.2) is 4.90 Å². The lowest BCUT2D eigenvalue weighted by atomic mass is 9.51. The number of carbonyl (C=O) groups is 4. The highest BCUT2D eigenvalue weighted by atomic mass is 35.5. The van der Waals surface area contributed by atoms with Gasteiger partial charge in [0.1, 0.15) is 11.5 Å². The molecule has 10 rings (SSSR count). The first kappa shape index (κ1) is 38.9. The van der Waals surface area contributed by atoms with Gasteiger partial charge in [-0.2, -0.15) is 5.10 Å². The number of aryl methyl sites for hydroxylation is 2. The van der Waals surface area contributed by atoms with Gasteiger partial charge in [-0.05, 0) is 86.2 Å². The van der Waals surface area contributed by atoms with Crippen LogP contribution in [0.1, 0.15) is 55.2 Å². The SMILES string of the molecule is COc1cccc(C2C3=CCC4C(=O)N(C5CCN(Cc6ccccc6)CC5)C(=O)C4C3CC3C(=O)N(c4cc(-c5sc6ccc(Cl)cc6c5C)nn4C)C(=O)C32C)c1O. The van der Waals surface area contributed by atoms with Gasteiger partial charge >= 0.3 is 0 Å². The monoisotopic (exact) mass is 843 g/mol. The smallest absolute Gasteiger partial charge is 0.242 e. The number of nitrogens with zero attached hydrogens (tertiary/aromatic N) is 5. The van der Waals surface area contributed by atoms with E-state index < -0.39 is 40.9 Å². The summed E-state index contributed by atoms with van der Waals surface area (Å²) in [6, 6.07) is 22.9. The van der Waals surface area contributed by atoms with Crippen LogP contribution >= 0.6 is 22.9 Å². The molecule has 13 heteroatoms. The average Bonchev–Trinajstić information content (AvgIpc) is 3.92. The number of para-hydroxylation sites is 1. The minimum Gasteiger partial charge on any atom is -0.504 e. The molecular formula is C47H46ClN5O6S. The molecule has 5 aromatic rings. The third-order valence-electron chi connectivity index (χ3n) is 14.3. The number of allylic oxidation sites excluding steroid dienone is 2. The second kappa shape index (κ2) is 14.4. The Kier molecular flexibility index (Phi) is 9.34. The summed E-state index contributed by atoms with van der Waals surface area (Å²) in [6.07, 6.45) is 3.96. The molecule has 4 fully saturated rings. The summed E-state index contributed by atoms with van der Waals surface area (Å²) in [7, 11) is 3.20. The Hall–Kier alpha value is -5.30. The molecule has 0 radical (unpaired) electrons. The summed E-state index contributed by atoms with van der Waals surface area (Å²) in [4.78, 5) is 65.5. The number of thiophene rings is 1. The van der Waals surface area contributed by atoms with Crippen molar-refractivity contribution >= 4 is 62.5 Å². The summed E-state index contributed by atoms with van der Waals surface area (Å²) in [5.74, 6) is -4.02. The molecule has 60 heavy (non-hydrogen) atoms. The highest BCUT2D eigenvalue weighted by Gasteiger charge is 2.68. The molecule has 308 valence electrons. The Morgan fingerprint density at radius 1 is 0.950 bits per heavy atom. The van der Waals surface area contributed by atoms with E-state index in [0.29, 0.717) is 41.4 Å². The predicted molar refractivity (Wildman–Crippen MR) is 230 cm³/mol. The van der Waals surface area contributed by atoms with E-state index in [1.807, 2.05) is 56.3 Å². The van der Waals surface area contributed by atoms with Crippen molar-refractivity contribution in [2.24, 2.45) is 36.1 Å². The molecule has 1 N–H and O–H groups in total. The summed E-state index contributed by atoms with van der Waals surface area (Å²) in [5.41, 5.74) is 2.78. The maximum atomic E-state index is 15.3. The normalized spacial score (nSPS) is 27.1. The van der Waals surface area contributed by atoms with Crippen LogP contribution in [0.15, 0.2) is 84.4 Å². The Morgan fingerprint density at radius 3 is 2.47 bits per heavy atom. The number of piperidine rings is 1. The summed E-state index contributed by atoms with van der Waals surface area (Å²) < 4.78 is 8.18. The van der Waals surface area contributed by atoms with Crippen LogP contribution in [0.2, 0.25) is 5.02 Å². The van der Waals surface area contributed by atoms with Gasteiger partial charge in [-0.1, -0.05) is 65.7 Å². The van der Waals surface area contributed by atoms with Crippen molar-refractivity contribution < 1.29 is 29.0 Å². The van der Waals surface area contributed by atoms with Crippen LogP contribution in [0.25, 0.3) is 20.7 Å². The first-order valence-electron chi connectivity index (χ1n) is 20.7. The van der Waals surface area contributed by atoms with Gasteiger partial charge in [0.2, 0.25) is 23.6 Å². The van der Waals surface area contributed by atoms with Crippen LogP contribution in [0, 0.1) is 36.0 Å². The molecule has 11 nitrogen and oxygen atoms in total. The Balaban J connectivity index is 1.00. The van der Waals surface area contributed by atoms with Gasteiger partial charge in [0, 0.05) is 60.0 Å². The molecule has 5 aliphatic rings. The number of aromatic hydroxyl groups is 1. The van der Waals surface area contributed by atoms with Gasteiger partial charge in [-0.15, -0.1) is 11.3 Å². The minimum atomic E-state index is -1.35. The van der Waals surface area contributed by atoms with Gasteiger partial charge in [0.25, 0.3) is 0 Å². The van der Waals surface area contributed by atoms with Crippen LogP contribution in [0.5, 0.6) is 11.5 Å². The van der Waals surface area contributed by atoms with Crippen LogP contribution < -0.4 is 9.64 Å². The largest absolute Gasteiger partial charge is 0.504 e. The van der Waals surface area contributed by atoms with Crippen LogP contribution in [0.4, 0.5) is 5.82 Å². The van der Waals surface area contributed by atoms with E-state index in [-0.39, 0.29) is 41.7 Å². The van der Waals surface area contributed by atoms with Crippen molar-refractivity contribution in [3.8, 4) is 22.1 Å². The molecule has 4 amide bonds. The zero-order valence-corrected chi connectivity index (χ0v) is 35.5. The molecule has 6 atom stereocenters. The minimum absolute atomic E-state index is 0.117. The number of phenolic OH excluding ortho intramolecular Hbond substituents is 1. The molecular weight excluding hydrogens is 798 g/mol. The molecule has 2 aliphatic carbocycles. The molecule has 3 saturated heterocycles. The lowest BCUT2D eigenvalue weighted by Crippen LogP contribution is -2.49. The third kappa shape index (κ3) is 5.74. The Labute approximate surface area is 357 Å². The van der Waals surface area contributed by atoms with E-state index >= 15 is 9.59 Å². The van der Waals surface area contributed by atoms with Crippen molar-refractivity contribution in [2.75, 3.05) is 25.1 Å². The van der Waals surface area contributed by atoms with Crippen molar-refractivity contribution in [1.82, 2.24) is 19.6 Å². The fourth-order valence-corrected chi connectivity index (χ4v) is 12.6. The average molecular weight is 844 g/mol. The highest BCUT2D eigenvalue weighted by molar-refractivity contribution is 7.22. The maximum absolute atomic E-state index is 15.3. The summed E-state index contributed by atoms with van der Waals surface area (Å²) in [6.45, 7) is 6.20. The van der Waals surface area contributed by atoms with Crippen molar-refractivity contribution in [2.45, 2.75) is 58.0 Å². The summed E-state index contributed by atoms with van der Waals surface area (Å²) in [5, 5.41) is 18.2. The number of hydrogen-bond donors (Lipinski definition) is 1. The van der Waals surface area contributed by atoms with Crippen molar-refractivity contribution in [3.05, 3.63) is 106 Å². The molecule has 0 bridgehead atoms. The third-order valence-corrected chi connectivity index (χ3v) is 15.8. The fourth-order valence-electron chi connectivity index (χ4n) is 11.3. The second-order valence-electron chi connectivity index (χ2n) is 17.3. The molecule has 3 aromatic carbocycles. The molecule has 3 aliphatic heterocycles. The van der Waals surface area contributed by atoms with E-state index in [9.17, 15) is 14.7 Å². The number of likely N-dealkylation sites (tertiary alicyclic amines) is 2. The number of ether oxygens (including phenoxy) is 1. The van der Waals surface area contributed by atoms with Crippen molar-refractivity contribution in [3.63, 3.8) is 0 Å². The van der Waals surface area contributed by atoms with E-state index in [4.69, 9.17) is 21.4 Å². The number of halogens is 1. The first-order valence-corrected chi connectivity index (χ1v) is 21.9. The standard InChI is InChI=1S/C47H46ClN5O6S/c1-25-32-21-27(48)13-16-37(32)60-42(25)35-23-38(50(3)49-35)53-44(56)34-22-33-29(40(47(34,2)46(53)58)31-11-8-12-36(59-4)41(31)54)14-15-30-39(33)45(57)52(43(30)55)28-17-19-51(20-18-28)24-26-9-6-5-7-10-26/h5-14,16,21,23,28,30,33-34,39-40,54H,15,17-20,22,24H2,1-4H3. The lowest BCUT2D eigenvalue weighted by Gasteiger charge is -2.49. The van der Waals surface area contributed by atoms with E-state index in [1.54, 1.807) is 52.2 Å². The first-order chi connectivity index (χ1) is 28.9. The number of anilines is 1. The van der Waals surface area contributed by atoms with Gasteiger partial charge in [0.15, 0.2) is 11.5 Å². The van der Waals surface area contributed by atoms with Crippen molar-refractivity contribution in [1.29, 1.82) is 0 Å². The molecule has 6 unspecified atom stereocenters. The fraction of sp³-hybridized carbons (Fsp3) is 0.383. The molecule has 5 heterocycles. The molecule has 0 spiro atoms. The molecule has 2 aromatic heterocycles. The number of hydrogen-bond acceptors (Lipinski definition) is 9. The summed E-state index contributed by atoms with van der Waals surface area (Å²) >= 11 is 7.92. The zero-order chi connectivity index (χ0) is 41.8. The lowest BCUT2D eigenvalue weighted by molar-refractivity contribution is -0.144. The van der Waals surface area contributed by atoms with E-state index in [2.05, 4.69) is 17.0 Å². The zero-order valence-electron chi connectivity index (χ0n) is 33.9. The van der Waals surface area contributed by atoms with Gasteiger partial charge in [0.05, 0.1) is 35.2 Å². The topological polar surface area (TPSA) is 125 Å². The number of methoxy groups -OCH3 is 1. The predicted octanol–water partition coefficient (Wildman–Crippen LogP) is 7.87. The highest BCUT2D eigenvalue weighted by Crippen LogP contribution is 2.65. The van der Waals surface area contributed by atoms with Gasteiger partial charge < -0.3 is 9.84 Å². The van der Waals surface area contributed by atoms with E-state index in [1.165, 1.54) is 17.6 Å². The molecule has 1 saturated carbocycles. The number of imide groups is 2. The number of fused-ring (bicyclic) bond motifs is 5. The number of aromatic nitrogens is 2. The van der Waals surface area contributed by atoms with Crippen LogP contribution in [-0.4, -0.2) is 74.6 Å². The number of phenols is 1. The Morgan fingerprint density at radius 2 is 1.72 bits per heavy atom. The van der Waals surface area contributed by atoms with Crippen LogP contribution in [0.3, 0.4) is 0 Å². The Bertz CT molecular complexity index is 2650. The number of amides is 4. The number of benzene rings is 3. The quantitative estimate of drug-likeness (QED) is 0.130. The number of rotatable bonds is 7. The van der Waals surface area contributed by atoms with Crippen LogP contribution in [-0.2, 0) is 32.8 Å². The van der Waals surface area contributed by atoms with E-state index in [0.717, 1.165) is 45.7 Å².